The topological polar surface area (TPSA) is 58.3 Å². The van der Waals surface area contributed by atoms with Gasteiger partial charge < -0.3 is 5.32 Å². The summed E-state index contributed by atoms with van der Waals surface area (Å²) in [6, 6.07) is 6.89. The Morgan fingerprint density at radius 1 is 1.35 bits per heavy atom. The Morgan fingerprint density at radius 2 is 2.22 bits per heavy atom. The number of hydrogen-bond acceptors (Lipinski definition) is 6. The number of hydrogen-bond donors (Lipinski definition) is 1. The molecule has 0 spiro atoms. The van der Waals surface area contributed by atoms with E-state index in [1.54, 1.807) is 10.8 Å². The molecule has 3 aromatic heterocycles. The molecule has 6 nitrogen and oxygen atoms in total. The molecule has 7 heteroatoms. The van der Waals surface area contributed by atoms with Crippen molar-refractivity contribution in [3.63, 3.8) is 0 Å². The molecule has 120 valence electrons. The lowest BCUT2D eigenvalue weighted by Gasteiger charge is -2.32. The van der Waals surface area contributed by atoms with Gasteiger partial charge in [-0.05, 0) is 37.3 Å². The fourth-order valence-corrected chi connectivity index (χ4v) is 3.88. The van der Waals surface area contributed by atoms with E-state index in [2.05, 4.69) is 49.1 Å². The molecule has 0 amide bonds. The molecule has 0 unspecified atom stereocenters. The summed E-state index contributed by atoms with van der Waals surface area (Å²) in [7, 11) is 0. The zero-order valence-electron chi connectivity index (χ0n) is 13.1. The first kappa shape index (κ1) is 14.6. The van der Waals surface area contributed by atoms with Gasteiger partial charge in [0.2, 0.25) is 5.65 Å². The first-order valence-electron chi connectivity index (χ1n) is 7.97. The predicted molar refractivity (Wildman–Crippen MR) is 91.8 cm³/mol. The van der Waals surface area contributed by atoms with Crippen molar-refractivity contribution < 1.29 is 0 Å². The van der Waals surface area contributed by atoms with Crippen LogP contribution in [0, 0.1) is 6.92 Å². The third-order valence-corrected chi connectivity index (χ3v) is 5.16. The summed E-state index contributed by atoms with van der Waals surface area (Å²) in [6.07, 6.45) is 3.94. The number of anilines is 1. The van der Waals surface area contributed by atoms with Crippen molar-refractivity contribution in [2.45, 2.75) is 32.4 Å². The molecule has 0 aromatic carbocycles. The molecule has 0 radical (unpaired) electrons. The van der Waals surface area contributed by atoms with E-state index < -0.39 is 0 Å². The van der Waals surface area contributed by atoms with Crippen molar-refractivity contribution in [2.75, 3.05) is 18.4 Å². The first-order valence-corrected chi connectivity index (χ1v) is 8.85. The van der Waals surface area contributed by atoms with Crippen molar-refractivity contribution in [1.82, 2.24) is 24.7 Å². The van der Waals surface area contributed by atoms with Crippen LogP contribution >= 0.6 is 11.3 Å². The minimum absolute atomic E-state index is 0.483. The standard InChI is InChI=1S/C16H20N6S/c1-12-9-15(16-19-17-11-22(16)20-12)18-13-4-6-21(7-5-13)10-14-3-2-8-23-14/h2-3,8-9,11,13,18H,4-7,10H2,1H3. The van der Waals surface area contributed by atoms with Crippen LogP contribution in [0.5, 0.6) is 0 Å². The molecule has 0 saturated carbocycles. The van der Waals surface area contributed by atoms with E-state index in [0.717, 1.165) is 49.5 Å². The first-order chi connectivity index (χ1) is 11.3. The summed E-state index contributed by atoms with van der Waals surface area (Å²) in [5.41, 5.74) is 2.80. The Labute approximate surface area is 139 Å². The average molecular weight is 328 g/mol. The molecule has 0 atom stereocenters. The van der Waals surface area contributed by atoms with Crippen LogP contribution in [0.25, 0.3) is 5.65 Å². The van der Waals surface area contributed by atoms with Crippen molar-refractivity contribution in [3.05, 3.63) is 40.5 Å². The molecular formula is C16H20N6S. The van der Waals surface area contributed by atoms with Gasteiger partial charge in [-0.15, -0.1) is 21.5 Å². The van der Waals surface area contributed by atoms with Crippen LogP contribution in [0.3, 0.4) is 0 Å². The van der Waals surface area contributed by atoms with Gasteiger partial charge in [0.25, 0.3) is 0 Å². The average Bonchev–Trinajstić information content (AvgIpc) is 3.20. The molecule has 3 aromatic rings. The Hall–Kier alpha value is -1.99. The number of nitrogens with one attached hydrogen (secondary N) is 1. The molecule has 4 rings (SSSR count). The van der Waals surface area contributed by atoms with Gasteiger partial charge in [-0.3, -0.25) is 4.90 Å². The van der Waals surface area contributed by atoms with Crippen molar-refractivity contribution in [3.8, 4) is 0 Å². The van der Waals surface area contributed by atoms with Crippen LogP contribution in [0.4, 0.5) is 5.69 Å². The van der Waals surface area contributed by atoms with Gasteiger partial charge in [-0.25, -0.2) is 0 Å². The van der Waals surface area contributed by atoms with E-state index in [-0.39, 0.29) is 0 Å². The molecule has 1 N–H and O–H groups in total. The lowest BCUT2D eigenvalue weighted by molar-refractivity contribution is 0.213. The highest BCUT2D eigenvalue weighted by Gasteiger charge is 2.20. The number of fused-ring (bicyclic) bond motifs is 1. The van der Waals surface area contributed by atoms with E-state index in [1.807, 2.05) is 18.3 Å². The van der Waals surface area contributed by atoms with Gasteiger partial charge in [0.1, 0.15) is 6.33 Å². The quantitative estimate of drug-likeness (QED) is 0.798. The van der Waals surface area contributed by atoms with Gasteiger partial charge in [0, 0.05) is 30.6 Å². The van der Waals surface area contributed by atoms with Crippen LogP contribution in [0.1, 0.15) is 23.4 Å². The Morgan fingerprint density at radius 3 is 3.00 bits per heavy atom. The lowest BCUT2D eigenvalue weighted by atomic mass is 10.0. The van der Waals surface area contributed by atoms with E-state index in [1.165, 1.54) is 4.88 Å². The highest BCUT2D eigenvalue weighted by Crippen LogP contribution is 2.22. The number of piperidine rings is 1. The normalized spacial score (nSPS) is 16.9. The molecule has 23 heavy (non-hydrogen) atoms. The highest BCUT2D eigenvalue weighted by atomic mass is 32.1. The fraction of sp³-hybridized carbons (Fsp3) is 0.438. The molecule has 1 aliphatic heterocycles. The van der Waals surface area contributed by atoms with Gasteiger partial charge in [-0.2, -0.15) is 9.61 Å². The summed E-state index contributed by atoms with van der Waals surface area (Å²) in [4.78, 5) is 3.99. The van der Waals surface area contributed by atoms with Crippen LogP contribution in [-0.2, 0) is 6.54 Å². The van der Waals surface area contributed by atoms with E-state index >= 15 is 0 Å². The van der Waals surface area contributed by atoms with Gasteiger partial charge in [0.05, 0.1) is 11.4 Å². The van der Waals surface area contributed by atoms with Crippen LogP contribution in [0.15, 0.2) is 29.9 Å². The maximum Gasteiger partial charge on any atom is 0.200 e. The van der Waals surface area contributed by atoms with E-state index in [9.17, 15) is 0 Å². The van der Waals surface area contributed by atoms with Gasteiger partial charge in [0.15, 0.2) is 0 Å². The molecule has 0 bridgehead atoms. The SMILES string of the molecule is Cc1cc(NC2CCN(Cc3cccs3)CC2)c2nncn2n1. The van der Waals surface area contributed by atoms with Crippen molar-refractivity contribution >= 4 is 22.7 Å². The minimum Gasteiger partial charge on any atom is -0.379 e. The number of likely N-dealkylation sites (tertiary alicyclic amines) is 1. The zero-order valence-corrected chi connectivity index (χ0v) is 14.0. The molecule has 4 heterocycles. The highest BCUT2D eigenvalue weighted by molar-refractivity contribution is 7.09. The number of thiophene rings is 1. The van der Waals surface area contributed by atoms with Crippen LogP contribution < -0.4 is 5.32 Å². The van der Waals surface area contributed by atoms with E-state index in [4.69, 9.17) is 0 Å². The molecule has 1 fully saturated rings. The summed E-state index contributed by atoms with van der Waals surface area (Å²) < 4.78 is 1.74. The molecule has 0 aliphatic carbocycles. The lowest BCUT2D eigenvalue weighted by Crippen LogP contribution is -2.38. The monoisotopic (exact) mass is 328 g/mol. The maximum atomic E-state index is 4.39. The number of rotatable bonds is 4. The second kappa shape index (κ2) is 6.25. The minimum atomic E-state index is 0.483. The second-order valence-corrected chi connectivity index (χ2v) is 7.10. The Balaban J connectivity index is 1.39. The third-order valence-electron chi connectivity index (χ3n) is 4.30. The predicted octanol–water partition coefficient (Wildman–Crippen LogP) is 2.57. The Bertz CT molecular complexity index is 773. The largest absolute Gasteiger partial charge is 0.379 e. The molecule has 1 aliphatic rings. The summed E-state index contributed by atoms with van der Waals surface area (Å²) in [6.45, 7) is 5.33. The fourth-order valence-electron chi connectivity index (χ4n) is 3.14. The molecular weight excluding hydrogens is 308 g/mol. The van der Waals surface area contributed by atoms with Crippen molar-refractivity contribution in [1.29, 1.82) is 0 Å². The third kappa shape index (κ3) is 3.20. The summed E-state index contributed by atoms with van der Waals surface area (Å²) >= 11 is 1.84. The zero-order chi connectivity index (χ0) is 15.6. The van der Waals surface area contributed by atoms with E-state index in [0.29, 0.717) is 6.04 Å². The van der Waals surface area contributed by atoms with Crippen molar-refractivity contribution in [2.24, 2.45) is 0 Å². The molecule has 1 saturated heterocycles. The smallest absolute Gasteiger partial charge is 0.200 e. The number of aryl methyl sites for hydroxylation is 1. The Kier molecular flexibility index (Phi) is 3.97. The second-order valence-electron chi connectivity index (χ2n) is 6.07. The number of nitrogens with zero attached hydrogens (tertiary/aromatic N) is 5. The summed E-state index contributed by atoms with van der Waals surface area (Å²) in [5.74, 6) is 0. The van der Waals surface area contributed by atoms with Crippen LogP contribution in [-0.4, -0.2) is 43.8 Å². The summed E-state index contributed by atoms with van der Waals surface area (Å²) in [5, 5.41) is 18.3. The van der Waals surface area contributed by atoms with Gasteiger partial charge in [-0.1, -0.05) is 6.07 Å². The van der Waals surface area contributed by atoms with Gasteiger partial charge >= 0.3 is 0 Å². The number of aromatic nitrogens is 4. The maximum absolute atomic E-state index is 4.39. The van der Waals surface area contributed by atoms with Crippen LogP contribution in [0.2, 0.25) is 0 Å².